The van der Waals surface area contributed by atoms with E-state index in [-0.39, 0.29) is 35.4 Å². The number of aliphatic hydroxyl groups is 2. The van der Waals surface area contributed by atoms with E-state index >= 15 is 0 Å². The minimum atomic E-state index is -0.683. The molecule has 0 radical (unpaired) electrons. The highest BCUT2D eigenvalue weighted by Gasteiger charge is 2.62. The average Bonchev–Trinajstić information content (AvgIpc) is 2.93. The predicted octanol–water partition coefficient (Wildman–Crippen LogP) is 4.09. The summed E-state index contributed by atoms with van der Waals surface area (Å²) in [6, 6.07) is 0. The van der Waals surface area contributed by atoms with Gasteiger partial charge in [0.2, 0.25) is 0 Å². The number of aliphatic carboxylic acids is 1. The van der Waals surface area contributed by atoms with Crippen LogP contribution in [-0.2, 0) is 4.79 Å². The molecular weight excluding hydrogens is 340 g/mol. The number of hydrogen-bond donors (Lipinski definition) is 3. The van der Waals surface area contributed by atoms with Crippen molar-refractivity contribution in [3.05, 3.63) is 0 Å². The maximum absolute atomic E-state index is 11.3. The largest absolute Gasteiger partial charge is 0.481 e. The van der Waals surface area contributed by atoms with E-state index in [0.717, 1.165) is 44.9 Å². The van der Waals surface area contributed by atoms with Crippen LogP contribution in [-0.4, -0.2) is 33.5 Å². The fourth-order valence-electron chi connectivity index (χ4n) is 8.59. The fourth-order valence-corrected chi connectivity index (χ4v) is 8.59. The van der Waals surface area contributed by atoms with Gasteiger partial charge in [-0.1, -0.05) is 20.8 Å². The molecular formula is C23H38O4. The molecule has 0 aromatic carbocycles. The number of carboxylic acids is 1. The summed E-state index contributed by atoms with van der Waals surface area (Å²) in [6.45, 7) is 6.96. The van der Waals surface area contributed by atoms with Crippen LogP contribution in [0.1, 0.15) is 78.6 Å². The molecule has 0 amide bonds. The zero-order valence-corrected chi connectivity index (χ0v) is 17.2. The van der Waals surface area contributed by atoms with Gasteiger partial charge in [0.25, 0.3) is 0 Å². The third-order valence-electron chi connectivity index (χ3n) is 9.91. The van der Waals surface area contributed by atoms with Crippen LogP contribution in [0, 0.1) is 46.3 Å². The fraction of sp³-hybridized carbons (Fsp3) is 0.957. The third-order valence-corrected chi connectivity index (χ3v) is 9.91. The Balaban J connectivity index is 1.60. The normalized spacial score (nSPS) is 53.1. The van der Waals surface area contributed by atoms with Gasteiger partial charge >= 0.3 is 5.97 Å². The molecule has 4 heteroatoms. The van der Waals surface area contributed by atoms with Crippen molar-refractivity contribution in [2.24, 2.45) is 46.3 Å². The molecule has 0 aliphatic heterocycles. The summed E-state index contributed by atoms with van der Waals surface area (Å²) >= 11 is 0. The third kappa shape index (κ3) is 2.97. The molecule has 154 valence electrons. The van der Waals surface area contributed by atoms with Crippen LogP contribution in [0.25, 0.3) is 0 Å². The van der Waals surface area contributed by atoms with Gasteiger partial charge in [0, 0.05) is 6.42 Å². The average molecular weight is 379 g/mol. The van der Waals surface area contributed by atoms with Crippen molar-refractivity contribution in [1.29, 1.82) is 0 Å². The second-order valence-electron chi connectivity index (χ2n) is 11.0. The standard InChI is InChI=1S/C23H38O4/c1-13(10-20(26)27)16-4-5-17-21-18(7-9-23(16,17)3)22(2)8-6-15(24)11-14(22)12-19(21)25/h13-19,21,24-25H,4-12H2,1-3H3,(H,26,27)/t13-,14+,15+,16-,17?,18?,19?,21+,22+,23-/m1/s1. The van der Waals surface area contributed by atoms with E-state index < -0.39 is 5.97 Å². The quantitative estimate of drug-likeness (QED) is 0.691. The minimum absolute atomic E-state index is 0.175. The Morgan fingerprint density at radius 2 is 1.67 bits per heavy atom. The number of carboxylic acid groups (broad SMARTS) is 1. The molecule has 4 saturated carbocycles. The van der Waals surface area contributed by atoms with Gasteiger partial charge in [-0.3, -0.25) is 4.79 Å². The SMILES string of the molecule is C[C@H](CC(=O)O)[C@H]1CCC2[C@@H]3C(O)C[C@@H]4C[C@@H](O)CC[C@]4(C)C3CC[C@@]21C. The molecule has 0 saturated heterocycles. The summed E-state index contributed by atoms with van der Waals surface area (Å²) in [7, 11) is 0. The molecule has 27 heavy (non-hydrogen) atoms. The molecule has 4 aliphatic carbocycles. The number of aliphatic hydroxyl groups excluding tert-OH is 2. The predicted molar refractivity (Wildman–Crippen MR) is 104 cm³/mol. The first-order valence-corrected chi connectivity index (χ1v) is 11.2. The molecule has 4 rings (SSSR count). The summed E-state index contributed by atoms with van der Waals surface area (Å²) in [5, 5.41) is 30.7. The summed E-state index contributed by atoms with van der Waals surface area (Å²) in [6.07, 6.45) is 8.12. The van der Waals surface area contributed by atoms with Crippen LogP contribution < -0.4 is 0 Å². The monoisotopic (exact) mass is 378 g/mol. The van der Waals surface area contributed by atoms with Gasteiger partial charge in [0.1, 0.15) is 0 Å². The smallest absolute Gasteiger partial charge is 0.303 e. The Bertz CT molecular complexity index is 591. The van der Waals surface area contributed by atoms with E-state index in [1.807, 2.05) is 0 Å². The second kappa shape index (κ2) is 6.73. The van der Waals surface area contributed by atoms with E-state index in [0.29, 0.717) is 29.6 Å². The van der Waals surface area contributed by atoms with Gasteiger partial charge in [0.05, 0.1) is 12.2 Å². The van der Waals surface area contributed by atoms with Crippen LogP contribution in [0.3, 0.4) is 0 Å². The Hall–Kier alpha value is -0.610. The molecule has 10 atom stereocenters. The van der Waals surface area contributed by atoms with E-state index in [1.165, 1.54) is 6.42 Å². The van der Waals surface area contributed by atoms with E-state index in [4.69, 9.17) is 0 Å². The van der Waals surface area contributed by atoms with Crippen LogP contribution in [0.2, 0.25) is 0 Å². The molecule has 4 nitrogen and oxygen atoms in total. The van der Waals surface area contributed by atoms with Crippen LogP contribution in [0.5, 0.6) is 0 Å². The highest BCUT2D eigenvalue weighted by atomic mass is 16.4. The maximum atomic E-state index is 11.3. The molecule has 0 aromatic rings. The molecule has 0 spiro atoms. The van der Waals surface area contributed by atoms with Crippen LogP contribution >= 0.6 is 0 Å². The van der Waals surface area contributed by atoms with Gasteiger partial charge in [-0.25, -0.2) is 0 Å². The van der Waals surface area contributed by atoms with Crippen LogP contribution in [0.15, 0.2) is 0 Å². The van der Waals surface area contributed by atoms with Crippen LogP contribution in [0.4, 0.5) is 0 Å². The summed E-state index contributed by atoms with van der Waals surface area (Å²) < 4.78 is 0. The Labute approximate surface area is 163 Å². The lowest BCUT2D eigenvalue weighted by molar-refractivity contribution is -0.174. The number of hydrogen-bond acceptors (Lipinski definition) is 3. The summed E-state index contributed by atoms with van der Waals surface area (Å²) in [5.74, 6) is 1.89. The minimum Gasteiger partial charge on any atom is -0.481 e. The first-order chi connectivity index (χ1) is 12.7. The van der Waals surface area contributed by atoms with E-state index in [1.54, 1.807) is 0 Å². The molecule has 3 N–H and O–H groups in total. The van der Waals surface area contributed by atoms with Crippen molar-refractivity contribution in [2.45, 2.75) is 90.8 Å². The highest BCUT2D eigenvalue weighted by Crippen LogP contribution is 2.68. The van der Waals surface area contributed by atoms with E-state index in [2.05, 4.69) is 20.8 Å². The molecule has 3 unspecified atom stereocenters. The van der Waals surface area contributed by atoms with Crippen molar-refractivity contribution >= 4 is 5.97 Å². The Morgan fingerprint density at radius 3 is 2.37 bits per heavy atom. The lowest BCUT2D eigenvalue weighted by Crippen LogP contribution is -2.58. The van der Waals surface area contributed by atoms with Gasteiger partial charge in [-0.05, 0) is 97.7 Å². The number of fused-ring (bicyclic) bond motifs is 5. The maximum Gasteiger partial charge on any atom is 0.303 e. The highest BCUT2D eigenvalue weighted by molar-refractivity contribution is 5.67. The second-order valence-corrected chi connectivity index (χ2v) is 11.0. The topological polar surface area (TPSA) is 77.8 Å². The molecule has 0 aromatic heterocycles. The van der Waals surface area contributed by atoms with Gasteiger partial charge in [0.15, 0.2) is 0 Å². The van der Waals surface area contributed by atoms with Crippen molar-refractivity contribution in [3.8, 4) is 0 Å². The molecule has 0 heterocycles. The van der Waals surface area contributed by atoms with Gasteiger partial charge in [-0.15, -0.1) is 0 Å². The zero-order chi connectivity index (χ0) is 19.6. The van der Waals surface area contributed by atoms with Crippen molar-refractivity contribution in [3.63, 3.8) is 0 Å². The number of carbonyl (C=O) groups is 1. The van der Waals surface area contributed by atoms with E-state index in [9.17, 15) is 20.1 Å². The number of rotatable bonds is 3. The van der Waals surface area contributed by atoms with Gasteiger partial charge < -0.3 is 15.3 Å². The van der Waals surface area contributed by atoms with Crippen molar-refractivity contribution in [1.82, 2.24) is 0 Å². The lowest BCUT2D eigenvalue weighted by atomic mass is 9.43. The first-order valence-electron chi connectivity index (χ1n) is 11.2. The lowest BCUT2D eigenvalue weighted by Gasteiger charge is -2.62. The Morgan fingerprint density at radius 1 is 1.00 bits per heavy atom. The molecule has 0 bridgehead atoms. The van der Waals surface area contributed by atoms with Crippen molar-refractivity contribution < 1.29 is 20.1 Å². The first kappa shape index (κ1) is 19.7. The summed E-state index contributed by atoms with van der Waals surface area (Å²) in [5.41, 5.74) is 0.434. The molecule has 4 fully saturated rings. The zero-order valence-electron chi connectivity index (χ0n) is 17.2. The summed E-state index contributed by atoms with van der Waals surface area (Å²) in [4.78, 5) is 11.3. The van der Waals surface area contributed by atoms with Crippen molar-refractivity contribution in [2.75, 3.05) is 0 Å². The van der Waals surface area contributed by atoms with Gasteiger partial charge in [-0.2, -0.15) is 0 Å². The Kier molecular flexibility index (Phi) is 4.91. The molecule has 4 aliphatic rings.